The summed E-state index contributed by atoms with van der Waals surface area (Å²) in [4.78, 5) is 19.8. The van der Waals surface area contributed by atoms with Crippen LogP contribution in [-0.2, 0) is 6.54 Å². The summed E-state index contributed by atoms with van der Waals surface area (Å²) in [5, 5.41) is 6.66. The van der Waals surface area contributed by atoms with E-state index in [1.807, 2.05) is 12.1 Å². The molecule has 3 aromatic rings. The van der Waals surface area contributed by atoms with Gasteiger partial charge in [0.2, 0.25) is 0 Å². The summed E-state index contributed by atoms with van der Waals surface area (Å²) in [5.41, 5.74) is 3.34. The van der Waals surface area contributed by atoms with E-state index in [4.69, 9.17) is 11.3 Å². The number of halogens is 1. The Morgan fingerprint density at radius 1 is 1.28 bits per heavy atom. The van der Waals surface area contributed by atoms with E-state index in [1.165, 1.54) is 19.2 Å². The van der Waals surface area contributed by atoms with E-state index in [2.05, 4.69) is 15.0 Å². The van der Waals surface area contributed by atoms with Crippen LogP contribution in [0.15, 0.2) is 48.8 Å². The molecule has 0 unspecified atom stereocenters. The number of nitrogens with one attached hydrogen (secondary N) is 1. The van der Waals surface area contributed by atoms with Crippen molar-refractivity contribution in [1.29, 1.82) is 0 Å². The van der Waals surface area contributed by atoms with Crippen molar-refractivity contribution in [3.63, 3.8) is 0 Å². The molecule has 1 aliphatic rings. The SMILES string of the molecule is [C-]#[N+]c1cc(N2CCN(Cc3cc(F)cc(OC)c3)C2=O)ccc1-c1cn[nH]c1. The van der Waals surface area contributed by atoms with E-state index in [0.29, 0.717) is 35.8 Å². The van der Waals surface area contributed by atoms with Gasteiger partial charge < -0.3 is 9.64 Å². The van der Waals surface area contributed by atoms with E-state index in [1.54, 1.807) is 34.3 Å². The Hall–Kier alpha value is -3.86. The van der Waals surface area contributed by atoms with Crippen molar-refractivity contribution in [3.05, 3.63) is 71.6 Å². The number of carbonyl (C=O) groups is 1. The highest BCUT2D eigenvalue weighted by molar-refractivity contribution is 5.95. The Morgan fingerprint density at radius 2 is 2.14 bits per heavy atom. The predicted octanol–water partition coefficient (Wildman–Crippen LogP) is 4.22. The first-order valence-electron chi connectivity index (χ1n) is 8.99. The fourth-order valence-electron chi connectivity index (χ4n) is 3.44. The van der Waals surface area contributed by atoms with Gasteiger partial charge in [0.15, 0.2) is 5.69 Å². The summed E-state index contributed by atoms with van der Waals surface area (Å²) < 4.78 is 18.8. The molecule has 1 aliphatic heterocycles. The van der Waals surface area contributed by atoms with Gasteiger partial charge in [0.05, 0.1) is 19.9 Å². The maximum Gasteiger partial charge on any atom is 0.324 e. The van der Waals surface area contributed by atoms with Gasteiger partial charge in [0, 0.05) is 43.1 Å². The smallest absolute Gasteiger partial charge is 0.324 e. The minimum absolute atomic E-state index is 0.180. The monoisotopic (exact) mass is 391 g/mol. The lowest BCUT2D eigenvalue weighted by Crippen LogP contribution is -2.31. The Bertz CT molecular complexity index is 1090. The predicted molar refractivity (Wildman–Crippen MR) is 106 cm³/mol. The molecular weight excluding hydrogens is 373 g/mol. The van der Waals surface area contributed by atoms with Crippen molar-refractivity contribution < 1.29 is 13.9 Å². The lowest BCUT2D eigenvalue weighted by Gasteiger charge is -2.20. The third kappa shape index (κ3) is 3.62. The minimum Gasteiger partial charge on any atom is -0.497 e. The van der Waals surface area contributed by atoms with E-state index < -0.39 is 5.82 Å². The molecule has 29 heavy (non-hydrogen) atoms. The molecule has 0 saturated carbocycles. The maximum atomic E-state index is 13.7. The van der Waals surface area contributed by atoms with Gasteiger partial charge in [0.1, 0.15) is 11.6 Å². The van der Waals surface area contributed by atoms with Crippen molar-refractivity contribution in [1.82, 2.24) is 15.1 Å². The highest BCUT2D eigenvalue weighted by Crippen LogP contribution is 2.34. The third-order valence-electron chi connectivity index (χ3n) is 4.86. The molecule has 1 N–H and O–H groups in total. The standard InChI is InChI=1S/C21H18FN5O2/c1-23-20-10-17(3-4-19(20)15-11-24-25-12-15)27-6-5-26(21(27)28)13-14-7-16(22)9-18(8-14)29-2/h3-4,7-12H,5-6,13H2,2H3,(H,24,25). The number of methoxy groups -OCH3 is 1. The van der Waals surface area contributed by atoms with Gasteiger partial charge in [-0.25, -0.2) is 14.0 Å². The van der Waals surface area contributed by atoms with Crippen LogP contribution in [0.1, 0.15) is 5.56 Å². The van der Waals surface area contributed by atoms with Gasteiger partial charge in [-0.2, -0.15) is 5.10 Å². The quantitative estimate of drug-likeness (QED) is 0.663. The molecule has 0 spiro atoms. The summed E-state index contributed by atoms with van der Waals surface area (Å²) in [6, 6.07) is 9.59. The van der Waals surface area contributed by atoms with E-state index in [0.717, 1.165) is 11.1 Å². The van der Waals surface area contributed by atoms with E-state index >= 15 is 0 Å². The number of urea groups is 1. The number of anilines is 1. The van der Waals surface area contributed by atoms with E-state index in [-0.39, 0.29) is 12.6 Å². The number of aromatic amines is 1. The summed E-state index contributed by atoms with van der Waals surface area (Å²) in [7, 11) is 1.48. The van der Waals surface area contributed by atoms with E-state index in [9.17, 15) is 9.18 Å². The molecule has 8 heteroatoms. The van der Waals surface area contributed by atoms with Crippen LogP contribution in [0, 0.1) is 12.4 Å². The van der Waals surface area contributed by atoms with Crippen LogP contribution in [0.5, 0.6) is 5.75 Å². The van der Waals surface area contributed by atoms with Crippen molar-refractivity contribution in [2.45, 2.75) is 6.54 Å². The number of nitrogens with zero attached hydrogens (tertiary/aromatic N) is 4. The molecule has 0 bridgehead atoms. The zero-order valence-corrected chi connectivity index (χ0v) is 15.7. The van der Waals surface area contributed by atoms with Crippen molar-refractivity contribution in [2.24, 2.45) is 0 Å². The number of hydrogen-bond donors (Lipinski definition) is 1. The molecule has 2 aromatic carbocycles. The van der Waals surface area contributed by atoms with Crippen LogP contribution in [0.2, 0.25) is 0 Å². The lowest BCUT2D eigenvalue weighted by atomic mass is 10.1. The van der Waals surface area contributed by atoms with Crippen LogP contribution >= 0.6 is 0 Å². The molecule has 146 valence electrons. The molecule has 0 aliphatic carbocycles. The first-order valence-corrected chi connectivity index (χ1v) is 8.99. The highest BCUT2D eigenvalue weighted by Gasteiger charge is 2.30. The second-order valence-corrected chi connectivity index (χ2v) is 6.66. The summed E-state index contributed by atoms with van der Waals surface area (Å²) in [6.07, 6.45) is 3.37. The van der Waals surface area contributed by atoms with Gasteiger partial charge in [-0.1, -0.05) is 6.07 Å². The topological polar surface area (TPSA) is 65.8 Å². The number of rotatable bonds is 5. The van der Waals surface area contributed by atoms with Crippen molar-refractivity contribution in [3.8, 4) is 16.9 Å². The Balaban J connectivity index is 1.55. The van der Waals surface area contributed by atoms with Gasteiger partial charge in [-0.3, -0.25) is 10.00 Å². The molecule has 1 saturated heterocycles. The summed E-state index contributed by atoms with van der Waals surface area (Å²) >= 11 is 0. The Labute approximate surface area is 167 Å². The lowest BCUT2D eigenvalue weighted by molar-refractivity contribution is 0.218. The third-order valence-corrected chi connectivity index (χ3v) is 4.86. The second-order valence-electron chi connectivity index (χ2n) is 6.66. The molecule has 4 rings (SSSR count). The average molecular weight is 391 g/mol. The van der Waals surface area contributed by atoms with Crippen LogP contribution in [0.4, 0.5) is 20.6 Å². The second kappa shape index (κ2) is 7.64. The van der Waals surface area contributed by atoms with Gasteiger partial charge >= 0.3 is 6.03 Å². The van der Waals surface area contributed by atoms with Crippen LogP contribution < -0.4 is 9.64 Å². The molecule has 1 fully saturated rings. The molecule has 7 nitrogen and oxygen atoms in total. The highest BCUT2D eigenvalue weighted by atomic mass is 19.1. The van der Waals surface area contributed by atoms with Crippen molar-refractivity contribution in [2.75, 3.05) is 25.1 Å². The average Bonchev–Trinajstić information content (AvgIpc) is 3.38. The fraction of sp³-hybridized carbons (Fsp3) is 0.190. The Kier molecular flexibility index (Phi) is 4.87. The normalized spacial score (nSPS) is 13.6. The van der Waals surface area contributed by atoms with Crippen LogP contribution in [0.25, 0.3) is 16.0 Å². The molecule has 1 aromatic heterocycles. The summed E-state index contributed by atoms with van der Waals surface area (Å²) in [6.45, 7) is 8.77. The van der Waals surface area contributed by atoms with Crippen LogP contribution in [0.3, 0.4) is 0 Å². The zero-order valence-electron chi connectivity index (χ0n) is 15.7. The molecule has 2 heterocycles. The minimum atomic E-state index is -0.403. The number of ether oxygens (including phenoxy) is 1. The van der Waals surface area contributed by atoms with Gasteiger partial charge in [-0.15, -0.1) is 0 Å². The largest absolute Gasteiger partial charge is 0.497 e. The van der Waals surface area contributed by atoms with Crippen LogP contribution in [-0.4, -0.2) is 41.3 Å². The number of aromatic nitrogens is 2. The number of benzene rings is 2. The van der Waals surface area contributed by atoms with Gasteiger partial charge in [0.25, 0.3) is 0 Å². The number of H-pyrrole nitrogens is 1. The summed E-state index contributed by atoms with van der Waals surface area (Å²) in [5.74, 6) is 0.0134. The van der Waals surface area contributed by atoms with Crippen molar-refractivity contribution >= 4 is 17.4 Å². The molecule has 0 radical (unpaired) electrons. The molecule has 0 atom stereocenters. The Morgan fingerprint density at radius 3 is 2.86 bits per heavy atom. The van der Waals surface area contributed by atoms with Gasteiger partial charge in [-0.05, 0) is 35.4 Å². The zero-order chi connectivity index (χ0) is 20.4. The number of hydrogen-bond acceptors (Lipinski definition) is 3. The number of carbonyl (C=O) groups excluding carboxylic acids is 1. The first kappa shape index (κ1) is 18.5. The molecule has 2 amide bonds. The fourth-order valence-corrected chi connectivity index (χ4v) is 3.44. The molecular formula is C21H18FN5O2. The first-order chi connectivity index (χ1) is 14.1. The maximum absolute atomic E-state index is 13.7. The number of amides is 2.